The molecule has 0 heterocycles. The maximum absolute atomic E-state index is 13.3. The summed E-state index contributed by atoms with van der Waals surface area (Å²) in [7, 11) is 0. The van der Waals surface area contributed by atoms with Crippen molar-refractivity contribution in [3.63, 3.8) is 0 Å². The molecule has 0 fully saturated rings. The minimum absolute atomic E-state index is 0.132. The number of nitrogens with two attached hydrogens (primary N) is 1. The molecule has 6 N–H and O–H groups in total. The van der Waals surface area contributed by atoms with Crippen LogP contribution in [-0.4, -0.2) is 58.8 Å². The van der Waals surface area contributed by atoms with Gasteiger partial charge in [0.1, 0.15) is 17.7 Å². The molecule has 0 aromatic carbocycles. The first-order valence-electron chi connectivity index (χ1n) is 12.6. The summed E-state index contributed by atoms with van der Waals surface area (Å²) in [6.45, 7) is 16.5. The molecule has 0 aromatic heterocycles. The molecule has 0 aliphatic rings. The molecule has 0 aliphatic carbocycles. The number of carbonyl (C=O) groups is 4. The average molecular weight is 501 g/mol. The first-order chi connectivity index (χ1) is 16.0. The van der Waals surface area contributed by atoms with Gasteiger partial charge in [-0.05, 0) is 44.9 Å². The number of aliphatic hydroxyl groups is 1. The van der Waals surface area contributed by atoms with Crippen molar-refractivity contribution in [1.82, 2.24) is 16.0 Å². The molecule has 0 bridgehead atoms. The summed E-state index contributed by atoms with van der Waals surface area (Å²) >= 11 is 0. The van der Waals surface area contributed by atoms with Crippen molar-refractivity contribution in [1.29, 1.82) is 0 Å². The minimum atomic E-state index is -1.14. The molecule has 0 saturated heterocycles. The highest BCUT2D eigenvalue weighted by atomic mass is 16.6. The number of ether oxygens (including phenoxy) is 1. The van der Waals surface area contributed by atoms with Crippen molar-refractivity contribution >= 4 is 23.8 Å². The van der Waals surface area contributed by atoms with Crippen molar-refractivity contribution in [2.75, 3.05) is 0 Å². The molecule has 0 spiro atoms. The number of hydrogen-bond donors (Lipinski definition) is 5. The number of hydrogen-bond acceptors (Lipinski definition) is 6. The molecule has 0 radical (unpaired) electrons. The van der Waals surface area contributed by atoms with Crippen LogP contribution >= 0.6 is 0 Å². The van der Waals surface area contributed by atoms with Crippen molar-refractivity contribution in [3.8, 4) is 0 Å². The lowest BCUT2D eigenvalue weighted by atomic mass is 9.93. The SMILES string of the molecule is CC[C@H](C)[C@H](NC(=O)OC(C)(C)C)C(=O)N[C@H](C(=O)N[C@@H](CC(C)C)[C@@H](O)CC(N)=O)[C@@H](C)CC. The van der Waals surface area contributed by atoms with E-state index in [1.807, 2.05) is 41.5 Å². The van der Waals surface area contributed by atoms with Gasteiger partial charge in [0.2, 0.25) is 17.7 Å². The Morgan fingerprint density at radius 2 is 1.31 bits per heavy atom. The highest BCUT2D eigenvalue weighted by Crippen LogP contribution is 2.16. The van der Waals surface area contributed by atoms with Crippen LogP contribution in [0.3, 0.4) is 0 Å². The van der Waals surface area contributed by atoms with Crippen LogP contribution < -0.4 is 21.7 Å². The maximum atomic E-state index is 13.3. The molecule has 35 heavy (non-hydrogen) atoms. The topological polar surface area (TPSA) is 160 Å². The first kappa shape index (κ1) is 32.6. The third-order valence-corrected chi connectivity index (χ3v) is 5.89. The molecule has 10 nitrogen and oxygen atoms in total. The van der Waals surface area contributed by atoms with E-state index in [9.17, 15) is 24.3 Å². The molecule has 204 valence electrons. The van der Waals surface area contributed by atoms with E-state index in [-0.39, 0.29) is 24.2 Å². The van der Waals surface area contributed by atoms with Crippen molar-refractivity contribution < 1.29 is 29.0 Å². The van der Waals surface area contributed by atoms with E-state index >= 15 is 0 Å². The number of rotatable bonds is 14. The molecule has 6 atom stereocenters. The Bertz CT molecular complexity index is 707. The summed E-state index contributed by atoms with van der Waals surface area (Å²) in [6, 6.07) is -2.51. The zero-order chi connectivity index (χ0) is 27.5. The molecule has 0 aromatic rings. The van der Waals surface area contributed by atoms with E-state index < -0.39 is 53.6 Å². The number of aliphatic hydroxyl groups excluding tert-OH is 1. The molecule has 4 amide bonds. The zero-order valence-corrected chi connectivity index (χ0v) is 22.9. The average Bonchev–Trinajstić information content (AvgIpc) is 2.71. The smallest absolute Gasteiger partial charge is 0.408 e. The monoisotopic (exact) mass is 500 g/mol. The third-order valence-electron chi connectivity index (χ3n) is 5.89. The summed E-state index contributed by atoms with van der Waals surface area (Å²) in [4.78, 5) is 50.2. The predicted octanol–water partition coefficient (Wildman–Crippen LogP) is 2.22. The van der Waals surface area contributed by atoms with Gasteiger partial charge in [0.25, 0.3) is 0 Å². The normalized spacial score (nSPS) is 16.9. The van der Waals surface area contributed by atoms with Crippen molar-refractivity contribution in [3.05, 3.63) is 0 Å². The number of primary amides is 1. The Labute approximate surface area is 210 Å². The van der Waals surface area contributed by atoms with Gasteiger partial charge in [0, 0.05) is 0 Å². The molecule has 0 aliphatic heterocycles. The van der Waals surface area contributed by atoms with Crippen LogP contribution in [0, 0.1) is 17.8 Å². The van der Waals surface area contributed by atoms with E-state index in [4.69, 9.17) is 10.5 Å². The summed E-state index contributed by atoms with van der Waals surface area (Å²) in [6.07, 6.45) is -0.498. The lowest BCUT2D eigenvalue weighted by Crippen LogP contribution is -2.59. The lowest BCUT2D eigenvalue weighted by molar-refractivity contribution is -0.133. The van der Waals surface area contributed by atoms with E-state index in [1.54, 1.807) is 20.8 Å². The summed E-state index contributed by atoms with van der Waals surface area (Å²) in [5.41, 5.74) is 4.50. The summed E-state index contributed by atoms with van der Waals surface area (Å²) < 4.78 is 5.31. The largest absolute Gasteiger partial charge is 0.444 e. The highest BCUT2D eigenvalue weighted by molar-refractivity contribution is 5.91. The number of amides is 4. The quantitative estimate of drug-likeness (QED) is 0.246. The Hall–Kier alpha value is -2.36. The van der Waals surface area contributed by atoms with Gasteiger partial charge < -0.3 is 31.5 Å². The van der Waals surface area contributed by atoms with Gasteiger partial charge in [0.05, 0.1) is 18.6 Å². The first-order valence-corrected chi connectivity index (χ1v) is 12.6. The molecule has 0 unspecified atom stereocenters. The van der Waals surface area contributed by atoms with Gasteiger partial charge in [-0.3, -0.25) is 14.4 Å². The van der Waals surface area contributed by atoms with Crippen LogP contribution in [-0.2, 0) is 19.1 Å². The molecule has 0 saturated carbocycles. The number of carbonyl (C=O) groups excluding carboxylic acids is 4. The second kappa shape index (κ2) is 14.9. The second-order valence-corrected chi connectivity index (χ2v) is 10.9. The predicted molar refractivity (Wildman–Crippen MR) is 135 cm³/mol. The highest BCUT2D eigenvalue weighted by Gasteiger charge is 2.34. The number of alkyl carbamates (subject to hydrolysis) is 1. The third kappa shape index (κ3) is 12.8. The fourth-order valence-electron chi connectivity index (χ4n) is 3.52. The van der Waals surface area contributed by atoms with Crippen molar-refractivity contribution in [2.24, 2.45) is 23.5 Å². The Kier molecular flexibility index (Phi) is 13.9. The summed E-state index contributed by atoms with van der Waals surface area (Å²) in [5, 5.41) is 18.7. The zero-order valence-electron chi connectivity index (χ0n) is 22.9. The van der Waals surface area contributed by atoms with Crippen molar-refractivity contribution in [2.45, 2.75) is 118 Å². The van der Waals surface area contributed by atoms with Gasteiger partial charge >= 0.3 is 6.09 Å². The number of nitrogens with one attached hydrogen (secondary N) is 3. The molecule has 0 rings (SSSR count). The van der Waals surface area contributed by atoms with E-state index in [2.05, 4.69) is 16.0 Å². The maximum Gasteiger partial charge on any atom is 0.408 e. The Balaban J connectivity index is 5.72. The van der Waals surface area contributed by atoms with Crippen LogP contribution in [0.4, 0.5) is 4.79 Å². The van der Waals surface area contributed by atoms with Gasteiger partial charge in [-0.15, -0.1) is 0 Å². The molecular formula is C25H48N4O6. The lowest BCUT2D eigenvalue weighted by Gasteiger charge is -2.32. The van der Waals surface area contributed by atoms with Gasteiger partial charge in [-0.2, -0.15) is 0 Å². The van der Waals surface area contributed by atoms with Gasteiger partial charge in [-0.25, -0.2) is 4.79 Å². The molecular weight excluding hydrogens is 452 g/mol. The second-order valence-electron chi connectivity index (χ2n) is 10.9. The fraction of sp³-hybridized carbons (Fsp3) is 0.840. The van der Waals surface area contributed by atoms with Crippen LogP contribution in [0.5, 0.6) is 0 Å². The van der Waals surface area contributed by atoms with E-state index in [0.717, 1.165) is 0 Å². The summed E-state index contributed by atoms with van der Waals surface area (Å²) in [5.74, 6) is -1.95. The Morgan fingerprint density at radius 3 is 1.71 bits per heavy atom. The van der Waals surface area contributed by atoms with Gasteiger partial charge in [0.15, 0.2) is 0 Å². The van der Waals surface area contributed by atoms with Crippen LogP contribution in [0.25, 0.3) is 0 Å². The van der Waals surface area contributed by atoms with Crippen LogP contribution in [0.2, 0.25) is 0 Å². The fourth-order valence-corrected chi connectivity index (χ4v) is 3.52. The van der Waals surface area contributed by atoms with E-state index in [0.29, 0.717) is 19.3 Å². The molecule has 10 heteroatoms. The van der Waals surface area contributed by atoms with Crippen LogP contribution in [0.15, 0.2) is 0 Å². The Morgan fingerprint density at radius 1 is 0.857 bits per heavy atom. The standard InChI is InChI=1S/C25H48N4O6/c1-10-15(5)20(22(32)27-17(12-14(3)4)18(30)13-19(26)31)28-23(33)21(16(6)11-2)29-24(34)35-25(7,8)9/h14-18,20-21,30H,10-13H2,1-9H3,(H2,26,31)(H,27,32)(H,28,33)(H,29,34)/t15-,16-,17-,18-,20-,21-/m0/s1. The van der Waals surface area contributed by atoms with Gasteiger partial charge in [-0.1, -0.05) is 54.4 Å². The minimum Gasteiger partial charge on any atom is -0.444 e. The van der Waals surface area contributed by atoms with Crippen LogP contribution in [0.1, 0.15) is 88.0 Å². The van der Waals surface area contributed by atoms with E-state index in [1.165, 1.54) is 0 Å².